The lowest BCUT2D eigenvalue weighted by molar-refractivity contribution is -0.301. The van der Waals surface area contributed by atoms with Crippen LogP contribution in [0.4, 0.5) is 0 Å². The number of ether oxygens (including phenoxy) is 7. The molecule has 0 radical (unpaired) electrons. The quantitative estimate of drug-likeness (QED) is 0.266. The van der Waals surface area contributed by atoms with E-state index in [1.165, 1.54) is 32.9 Å². The number of carbonyl (C=O) groups is 8. The summed E-state index contributed by atoms with van der Waals surface area (Å²) in [6.07, 6.45) is -10.6. The summed E-state index contributed by atoms with van der Waals surface area (Å²) in [7, 11) is 0. The molecule has 0 aliphatic heterocycles. The monoisotopic (exact) mass is 788 g/mol. The summed E-state index contributed by atoms with van der Waals surface area (Å²) in [5.41, 5.74) is -11.7. The first-order valence-electron chi connectivity index (χ1n) is 18.2. The molecule has 2 N–H and O–H groups in total. The molecule has 4 aliphatic carbocycles. The van der Waals surface area contributed by atoms with Crippen molar-refractivity contribution in [2.24, 2.45) is 28.6 Å². The van der Waals surface area contributed by atoms with Crippen LogP contribution in [-0.4, -0.2) is 112 Å². The van der Waals surface area contributed by atoms with Gasteiger partial charge in [0.05, 0.1) is 28.2 Å². The van der Waals surface area contributed by atoms with E-state index >= 15 is 0 Å². The van der Waals surface area contributed by atoms with Gasteiger partial charge in [0.1, 0.15) is 35.3 Å². The van der Waals surface area contributed by atoms with E-state index < -0.39 is 143 Å². The molecule has 306 valence electrons. The zero-order valence-electron chi connectivity index (χ0n) is 32.6. The zero-order valence-corrected chi connectivity index (χ0v) is 32.6. The first-order valence-corrected chi connectivity index (χ1v) is 18.2. The molecule has 0 unspecified atom stereocenters. The molecule has 4 fully saturated rings. The number of hydrogen-bond donors (Lipinski definition) is 2. The van der Waals surface area contributed by atoms with E-state index in [4.69, 9.17) is 33.2 Å². The van der Waals surface area contributed by atoms with Crippen molar-refractivity contribution in [3.05, 3.63) is 35.9 Å². The van der Waals surface area contributed by atoms with Crippen LogP contribution in [0.2, 0.25) is 0 Å². The molecule has 4 aliphatic rings. The lowest BCUT2D eigenvalue weighted by Gasteiger charge is -2.60. The zero-order chi connectivity index (χ0) is 41.9. The number of Topliss-reactive ketones (excluding diaryl/α,β-unsaturated/α-hetero) is 1. The molecule has 56 heavy (non-hydrogen) atoms. The maximum atomic E-state index is 14.9. The van der Waals surface area contributed by atoms with Gasteiger partial charge in [0.2, 0.25) is 0 Å². The Morgan fingerprint density at radius 2 is 1.27 bits per heavy atom. The largest absolute Gasteiger partial charge is 0.459 e. The molecule has 5 rings (SSSR count). The average molecular weight is 789 g/mol. The number of benzene rings is 1. The minimum absolute atomic E-state index is 0.0859. The van der Waals surface area contributed by atoms with Crippen LogP contribution in [0.5, 0.6) is 0 Å². The number of fused-ring (bicyclic) bond motifs is 5. The second kappa shape index (κ2) is 14.6. The smallest absolute Gasteiger partial charge is 0.344 e. The summed E-state index contributed by atoms with van der Waals surface area (Å²) in [6, 6.07) is 7.74. The van der Waals surface area contributed by atoms with Crippen molar-refractivity contribution in [1.29, 1.82) is 0 Å². The highest BCUT2D eigenvalue weighted by Gasteiger charge is 2.87. The Morgan fingerprint density at radius 1 is 0.714 bits per heavy atom. The minimum Gasteiger partial charge on any atom is -0.459 e. The van der Waals surface area contributed by atoms with E-state index in [1.807, 2.05) is 0 Å². The van der Waals surface area contributed by atoms with Crippen molar-refractivity contribution in [3.63, 3.8) is 0 Å². The van der Waals surface area contributed by atoms with Crippen molar-refractivity contribution in [2.75, 3.05) is 6.61 Å². The number of hydrogen-bond acceptors (Lipinski definition) is 17. The second-order valence-corrected chi connectivity index (χ2v) is 16.2. The SMILES string of the molecule is CC(=O)OCC(=O)O[C@@H]1[C@H]2[C@@H](OC(=O)c3ccccc3)[C@@H](C)C[C@]2(O)[C@H](OC(C)=O)[C@@]2(C)[C@H]3C(=O)C(C)(C)[C@H](OC(C)=O)[C@]3(O)C[C@]1(OC(C)=O)[C@@H]2OC(C)=O. The van der Waals surface area contributed by atoms with Crippen molar-refractivity contribution in [3.8, 4) is 0 Å². The van der Waals surface area contributed by atoms with Crippen LogP contribution in [0.15, 0.2) is 30.3 Å². The molecule has 1 aromatic carbocycles. The van der Waals surface area contributed by atoms with Crippen LogP contribution >= 0.6 is 0 Å². The van der Waals surface area contributed by atoms with Crippen LogP contribution in [0.25, 0.3) is 0 Å². The lowest BCUT2D eigenvalue weighted by Crippen LogP contribution is -2.76. The van der Waals surface area contributed by atoms with Gasteiger partial charge in [-0.25, -0.2) is 9.59 Å². The maximum absolute atomic E-state index is 14.9. The van der Waals surface area contributed by atoms with Gasteiger partial charge in [0, 0.05) is 41.0 Å². The summed E-state index contributed by atoms with van der Waals surface area (Å²) in [6.45, 7) is 9.67. The van der Waals surface area contributed by atoms with Gasteiger partial charge in [-0.1, -0.05) is 32.0 Å². The molecule has 1 aromatic rings. The molecule has 4 saturated carbocycles. The van der Waals surface area contributed by atoms with Crippen LogP contribution < -0.4 is 0 Å². The third kappa shape index (κ3) is 6.71. The predicted molar refractivity (Wildman–Crippen MR) is 185 cm³/mol. The van der Waals surface area contributed by atoms with Gasteiger partial charge >= 0.3 is 41.8 Å². The predicted octanol–water partition coefficient (Wildman–Crippen LogP) is 1.55. The van der Waals surface area contributed by atoms with Crippen LogP contribution in [0, 0.1) is 28.6 Å². The fourth-order valence-corrected chi connectivity index (χ4v) is 10.3. The Hall–Kier alpha value is -4.90. The summed E-state index contributed by atoms with van der Waals surface area (Å²) < 4.78 is 40.9. The number of ketones is 1. The van der Waals surface area contributed by atoms with Crippen molar-refractivity contribution in [1.82, 2.24) is 0 Å². The average Bonchev–Trinajstić information content (AvgIpc) is 3.40. The van der Waals surface area contributed by atoms with Crippen LogP contribution in [-0.2, 0) is 66.7 Å². The Bertz CT molecular complexity index is 1820. The lowest BCUT2D eigenvalue weighted by atomic mass is 9.51. The van der Waals surface area contributed by atoms with E-state index in [-0.39, 0.29) is 5.56 Å². The number of carbonyl (C=O) groups excluding carboxylic acids is 8. The molecular weight excluding hydrogens is 740 g/mol. The number of rotatable bonds is 9. The maximum Gasteiger partial charge on any atom is 0.344 e. The van der Waals surface area contributed by atoms with Crippen LogP contribution in [0.1, 0.15) is 85.5 Å². The van der Waals surface area contributed by atoms with Crippen molar-refractivity contribution in [2.45, 2.75) is 122 Å². The topological polar surface area (TPSA) is 242 Å². The van der Waals surface area contributed by atoms with Crippen molar-refractivity contribution >= 4 is 47.6 Å². The Balaban J connectivity index is 1.93. The highest BCUT2D eigenvalue weighted by Crippen LogP contribution is 2.70. The molecule has 2 bridgehead atoms. The molecule has 0 aromatic heterocycles. The number of esters is 7. The molecular formula is C39H48O17. The summed E-state index contributed by atoms with van der Waals surface area (Å²) in [5.74, 6) is -12.3. The van der Waals surface area contributed by atoms with E-state index in [9.17, 15) is 48.6 Å². The molecule has 0 heterocycles. The Labute approximate surface area is 322 Å². The van der Waals surface area contributed by atoms with E-state index in [2.05, 4.69) is 0 Å². The summed E-state index contributed by atoms with van der Waals surface area (Å²) in [5, 5.41) is 26.5. The highest BCUT2D eigenvalue weighted by atomic mass is 16.6. The van der Waals surface area contributed by atoms with Gasteiger partial charge in [-0.15, -0.1) is 0 Å². The normalized spacial score (nSPS) is 37.7. The molecule has 17 heteroatoms. The van der Waals surface area contributed by atoms with Crippen molar-refractivity contribution < 1.29 is 81.7 Å². The Morgan fingerprint density at radius 3 is 1.80 bits per heavy atom. The first-order chi connectivity index (χ1) is 25.9. The highest BCUT2D eigenvalue weighted by molar-refractivity contribution is 5.93. The summed E-state index contributed by atoms with van der Waals surface area (Å²) >= 11 is 0. The fraction of sp³-hybridized carbons (Fsp3) is 0.641. The van der Waals surface area contributed by atoms with Gasteiger partial charge in [-0.05, 0) is 38.3 Å². The van der Waals surface area contributed by atoms with E-state index in [1.54, 1.807) is 25.1 Å². The standard InChI is InChI=1S/C39H48O17/c1-18-15-37(48)26(27(18)55-31(47)24-13-11-10-12-14-24)30(54-25(45)16-50-19(2)40)39(56-23(6)44)17-38(49)28(29(46)35(7,8)32(38)51-20(3)41)36(9,33(37)52-21(4)42)34(39)53-22(5)43/h10-14,18,26-28,30,32-34,48-49H,15-17H2,1-9H3/t18-,26+,27-,28+,30+,32-,33+,34+,36+,37+,38-,39+/m0/s1. The third-order valence-corrected chi connectivity index (χ3v) is 11.8. The second-order valence-electron chi connectivity index (χ2n) is 16.2. The summed E-state index contributed by atoms with van der Waals surface area (Å²) in [4.78, 5) is 107. The number of aliphatic hydroxyl groups is 2. The van der Waals surface area contributed by atoms with E-state index in [0.29, 0.717) is 0 Å². The minimum atomic E-state index is -2.66. The fourth-order valence-electron chi connectivity index (χ4n) is 10.3. The third-order valence-electron chi connectivity index (χ3n) is 11.8. The van der Waals surface area contributed by atoms with Gasteiger partial charge in [-0.3, -0.25) is 28.8 Å². The Kier molecular flexibility index (Phi) is 11.0. The van der Waals surface area contributed by atoms with Gasteiger partial charge < -0.3 is 43.4 Å². The molecule has 12 atom stereocenters. The molecule has 17 nitrogen and oxygen atoms in total. The van der Waals surface area contributed by atoms with Gasteiger partial charge in [0.15, 0.2) is 24.4 Å². The van der Waals surface area contributed by atoms with Gasteiger partial charge in [-0.2, -0.15) is 0 Å². The van der Waals surface area contributed by atoms with Gasteiger partial charge in [0.25, 0.3) is 0 Å². The molecule has 0 saturated heterocycles. The molecule has 0 amide bonds. The molecule has 0 spiro atoms. The van der Waals surface area contributed by atoms with Crippen LogP contribution in [0.3, 0.4) is 0 Å². The first kappa shape index (κ1) is 42.2. The van der Waals surface area contributed by atoms with E-state index in [0.717, 1.165) is 34.6 Å².